The standard InChI is InChI=1S/C14H15N3O/c1-2-4-11(5-3-1)18-14-10-16-12-6-8-15-9-7-13(12)17-14/h1-5,10,15H,6-9H2. The maximum absolute atomic E-state index is 5.69. The summed E-state index contributed by atoms with van der Waals surface area (Å²) in [5.41, 5.74) is 2.13. The highest BCUT2D eigenvalue weighted by Gasteiger charge is 2.11. The summed E-state index contributed by atoms with van der Waals surface area (Å²) in [5.74, 6) is 1.36. The largest absolute Gasteiger partial charge is 0.437 e. The maximum Gasteiger partial charge on any atom is 0.238 e. The molecule has 92 valence electrons. The molecule has 0 amide bonds. The van der Waals surface area contributed by atoms with Crippen molar-refractivity contribution in [2.45, 2.75) is 12.8 Å². The molecule has 0 radical (unpaired) electrons. The third-order valence-corrected chi connectivity index (χ3v) is 2.95. The number of hydrogen-bond acceptors (Lipinski definition) is 4. The van der Waals surface area contributed by atoms with Crippen LogP contribution in [0, 0.1) is 0 Å². The van der Waals surface area contributed by atoms with Crippen LogP contribution in [0.15, 0.2) is 36.5 Å². The summed E-state index contributed by atoms with van der Waals surface area (Å²) in [6.45, 7) is 1.93. The van der Waals surface area contributed by atoms with Gasteiger partial charge in [0.2, 0.25) is 5.88 Å². The van der Waals surface area contributed by atoms with Gasteiger partial charge in [-0.3, -0.25) is 4.98 Å². The predicted molar refractivity (Wildman–Crippen MR) is 68.8 cm³/mol. The Morgan fingerprint density at radius 1 is 1.00 bits per heavy atom. The summed E-state index contributed by atoms with van der Waals surface area (Å²) in [6.07, 6.45) is 3.55. The van der Waals surface area contributed by atoms with Crippen LogP contribution in [0.2, 0.25) is 0 Å². The normalized spacial score (nSPS) is 14.7. The van der Waals surface area contributed by atoms with Crippen molar-refractivity contribution in [2.24, 2.45) is 0 Å². The van der Waals surface area contributed by atoms with E-state index in [4.69, 9.17) is 4.74 Å². The number of ether oxygens (including phenoxy) is 1. The summed E-state index contributed by atoms with van der Waals surface area (Å²) >= 11 is 0. The molecular formula is C14H15N3O. The molecule has 1 aromatic heterocycles. The zero-order valence-electron chi connectivity index (χ0n) is 10.1. The molecule has 0 bridgehead atoms. The second kappa shape index (κ2) is 5.14. The van der Waals surface area contributed by atoms with Gasteiger partial charge >= 0.3 is 0 Å². The van der Waals surface area contributed by atoms with Gasteiger partial charge in [-0.2, -0.15) is 0 Å². The van der Waals surface area contributed by atoms with Crippen molar-refractivity contribution in [2.75, 3.05) is 13.1 Å². The van der Waals surface area contributed by atoms with E-state index in [9.17, 15) is 0 Å². The van der Waals surface area contributed by atoms with Crippen LogP contribution < -0.4 is 10.1 Å². The Labute approximate surface area is 106 Å². The van der Waals surface area contributed by atoms with Crippen LogP contribution in [-0.4, -0.2) is 23.1 Å². The third kappa shape index (κ3) is 2.49. The monoisotopic (exact) mass is 241 g/mol. The number of aromatic nitrogens is 2. The van der Waals surface area contributed by atoms with Crippen LogP contribution in [-0.2, 0) is 12.8 Å². The zero-order chi connectivity index (χ0) is 12.2. The lowest BCUT2D eigenvalue weighted by atomic mass is 10.2. The summed E-state index contributed by atoms with van der Waals surface area (Å²) in [4.78, 5) is 8.99. The first-order chi connectivity index (χ1) is 8.92. The summed E-state index contributed by atoms with van der Waals surface area (Å²) in [6, 6.07) is 9.66. The van der Waals surface area contributed by atoms with E-state index >= 15 is 0 Å². The smallest absolute Gasteiger partial charge is 0.238 e. The molecule has 2 aromatic rings. The lowest BCUT2D eigenvalue weighted by Crippen LogP contribution is -2.16. The van der Waals surface area contributed by atoms with E-state index < -0.39 is 0 Å². The first kappa shape index (κ1) is 11.2. The zero-order valence-corrected chi connectivity index (χ0v) is 10.1. The van der Waals surface area contributed by atoms with Crippen molar-refractivity contribution < 1.29 is 4.74 Å². The molecule has 0 unspecified atom stereocenters. The van der Waals surface area contributed by atoms with Gasteiger partial charge in [0.05, 0.1) is 17.6 Å². The Balaban J connectivity index is 1.83. The first-order valence-corrected chi connectivity index (χ1v) is 6.20. The number of nitrogens with one attached hydrogen (secondary N) is 1. The molecule has 18 heavy (non-hydrogen) atoms. The Hall–Kier alpha value is -1.94. The fraction of sp³-hybridized carbons (Fsp3) is 0.286. The molecule has 0 fully saturated rings. The average molecular weight is 241 g/mol. The molecule has 0 aliphatic carbocycles. The summed E-state index contributed by atoms with van der Waals surface area (Å²) in [7, 11) is 0. The van der Waals surface area contributed by atoms with Gasteiger partial charge in [-0.25, -0.2) is 4.98 Å². The SMILES string of the molecule is c1ccc(Oc2cnc3c(n2)CCNCC3)cc1. The Bertz CT molecular complexity index is 528. The van der Waals surface area contributed by atoms with E-state index in [1.165, 1.54) is 0 Å². The van der Waals surface area contributed by atoms with Crippen LogP contribution in [0.5, 0.6) is 11.6 Å². The van der Waals surface area contributed by atoms with E-state index in [-0.39, 0.29) is 0 Å². The van der Waals surface area contributed by atoms with Gasteiger partial charge in [-0.05, 0) is 12.1 Å². The molecule has 4 nitrogen and oxygen atoms in total. The second-order valence-corrected chi connectivity index (χ2v) is 4.27. The van der Waals surface area contributed by atoms with Crippen LogP contribution in [0.4, 0.5) is 0 Å². The van der Waals surface area contributed by atoms with Crippen LogP contribution in [0.1, 0.15) is 11.4 Å². The maximum atomic E-state index is 5.69. The third-order valence-electron chi connectivity index (χ3n) is 2.95. The number of rotatable bonds is 2. The van der Waals surface area contributed by atoms with Crippen LogP contribution in [0.25, 0.3) is 0 Å². The molecule has 0 saturated carbocycles. The van der Waals surface area contributed by atoms with Crippen LogP contribution >= 0.6 is 0 Å². The van der Waals surface area contributed by atoms with Gasteiger partial charge in [0.1, 0.15) is 5.75 Å². The molecule has 1 N–H and O–H groups in total. The number of nitrogens with zero attached hydrogens (tertiary/aromatic N) is 2. The Kier molecular flexibility index (Phi) is 3.19. The quantitative estimate of drug-likeness (QED) is 0.873. The lowest BCUT2D eigenvalue weighted by Gasteiger charge is -2.07. The van der Waals surface area contributed by atoms with E-state index in [0.29, 0.717) is 5.88 Å². The van der Waals surface area contributed by atoms with E-state index in [2.05, 4.69) is 15.3 Å². The van der Waals surface area contributed by atoms with E-state index in [0.717, 1.165) is 43.1 Å². The van der Waals surface area contributed by atoms with Crippen LogP contribution in [0.3, 0.4) is 0 Å². The minimum absolute atomic E-state index is 0.571. The van der Waals surface area contributed by atoms with Gasteiger partial charge in [-0.1, -0.05) is 18.2 Å². The van der Waals surface area contributed by atoms with Crippen molar-refractivity contribution in [1.82, 2.24) is 15.3 Å². The molecule has 0 saturated heterocycles. The fourth-order valence-electron chi connectivity index (χ4n) is 2.04. The Morgan fingerprint density at radius 2 is 1.78 bits per heavy atom. The van der Waals surface area contributed by atoms with E-state index in [1.54, 1.807) is 6.20 Å². The van der Waals surface area contributed by atoms with Gasteiger partial charge in [-0.15, -0.1) is 0 Å². The predicted octanol–water partition coefficient (Wildman–Crippen LogP) is 1.96. The van der Waals surface area contributed by atoms with E-state index in [1.807, 2.05) is 30.3 Å². The molecule has 4 heteroatoms. The average Bonchev–Trinajstić information content (AvgIpc) is 2.64. The van der Waals surface area contributed by atoms with Crippen molar-refractivity contribution in [1.29, 1.82) is 0 Å². The van der Waals surface area contributed by atoms with Crippen molar-refractivity contribution in [3.05, 3.63) is 47.9 Å². The highest BCUT2D eigenvalue weighted by atomic mass is 16.5. The van der Waals surface area contributed by atoms with Gasteiger partial charge in [0.15, 0.2) is 0 Å². The molecule has 1 aliphatic heterocycles. The highest BCUT2D eigenvalue weighted by molar-refractivity contribution is 5.27. The van der Waals surface area contributed by atoms with Gasteiger partial charge in [0.25, 0.3) is 0 Å². The molecule has 0 atom stereocenters. The Morgan fingerprint density at radius 3 is 2.61 bits per heavy atom. The minimum atomic E-state index is 0.571. The second-order valence-electron chi connectivity index (χ2n) is 4.27. The summed E-state index contributed by atoms with van der Waals surface area (Å²) in [5, 5.41) is 3.34. The van der Waals surface area contributed by atoms with Crippen molar-refractivity contribution in [3.8, 4) is 11.6 Å². The summed E-state index contributed by atoms with van der Waals surface area (Å²) < 4.78 is 5.69. The van der Waals surface area contributed by atoms with Crippen molar-refractivity contribution >= 4 is 0 Å². The molecule has 3 rings (SSSR count). The molecule has 0 spiro atoms. The topological polar surface area (TPSA) is 47.0 Å². The number of hydrogen-bond donors (Lipinski definition) is 1. The molecule has 1 aromatic carbocycles. The first-order valence-electron chi connectivity index (χ1n) is 6.20. The number of benzene rings is 1. The minimum Gasteiger partial charge on any atom is -0.437 e. The van der Waals surface area contributed by atoms with Gasteiger partial charge in [0, 0.05) is 25.9 Å². The fourth-order valence-corrected chi connectivity index (χ4v) is 2.04. The highest BCUT2D eigenvalue weighted by Crippen LogP contribution is 2.19. The molecular weight excluding hydrogens is 226 g/mol. The number of para-hydroxylation sites is 1. The number of fused-ring (bicyclic) bond motifs is 1. The van der Waals surface area contributed by atoms with Crippen molar-refractivity contribution in [3.63, 3.8) is 0 Å². The molecule has 1 aliphatic rings. The molecule has 2 heterocycles. The van der Waals surface area contributed by atoms with Gasteiger partial charge < -0.3 is 10.1 Å². The lowest BCUT2D eigenvalue weighted by molar-refractivity contribution is 0.457.